The van der Waals surface area contributed by atoms with E-state index in [4.69, 9.17) is 5.11 Å². The van der Waals surface area contributed by atoms with Gasteiger partial charge in [-0.3, -0.25) is 4.79 Å². The molecular formula is C6H8LiO4. The second kappa shape index (κ2) is 7.39. The molecule has 0 aromatic carbocycles. The van der Waals surface area contributed by atoms with Gasteiger partial charge in [-0.2, -0.15) is 0 Å². The molecule has 0 fully saturated rings. The van der Waals surface area contributed by atoms with Crippen LogP contribution in [0.5, 0.6) is 0 Å². The summed E-state index contributed by atoms with van der Waals surface area (Å²) in [5.41, 5.74) is 0. The standard InChI is InChI=1S/C6H8O4.Li/c1-2-6(9)10-4-3-5(7)8;/h2H,1,3-4H2,(H,7,8);. The quantitative estimate of drug-likeness (QED) is 0.343. The number of hydrogen-bond acceptors (Lipinski definition) is 3. The van der Waals surface area contributed by atoms with Crippen LogP contribution in [0.2, 0.25) is 0 Å². The predicted octanol–water partition coefficient (Wildman–Crippen LogP) is -0.190. The Morgan fingerprint density at radius 3 is 2.45 bits per heavy atom. The number of carboxylic acids is 1. The third-order valence-electron chi connectivity index (χ3n) is 0.727. The van der Waals surface area contributed by atoms with Crippen molar-refractivity contribution in [3.63, 3.8) is 0 Å². The summed E-state index contributed by atoms with van der Waals surface area (Å²) >= 11 is 0. The van der Waals surface area contributed by atoms with Crippen LogP contribution in [0.4, 0.5) is 0 Å². The molecule has 0 aromatic heterocycles. The second-order valence-electron chi connectivity index (χ2n) is 1.52. The van der Waals surface area contributed by atoms with E-state index in [1.807, 2.05) is 0 Å². The van der Waals surface area contributed by atoms with Gasteiger partial charge in [0, 0.05) is 24.9 Å². The molecule has 0 heterocycles. The van der Waals surface area contributed by atoms with Crippen LogP contribution >= 0.6 is 0 Å². The maximum absolute atomic E-state index is 10.3. The van der Waals surface area contributed by atoms with Gasteiger partial charge < -0.3 is 9.84 Å². The number of carbonyl (C=O) groups excluding carboxylic acids is 1. The van der Waals surface area contributed by atoms with Gasteiger partial charge in [0.25, 0.3) is 0 Å². The van der Waals surface area contributed by atoms with Crippen LogP contribution in [0.15, 0.2) is 12.7 Å². The fourth-order valence-corrected chi connectivity index (χ4v) is 0.298. The minimum Gasteiger partial charge on any atom is -0.481 e. The summed E-state index contributed by atoms with van der Waals surface area (Å²) in [7, 11) is 0. The van der Waals surface area contributed by atoms with E-state index in [1.54, 1.807) is 0 Å². The largest absolute Gasteiger partial charge is 0.481 e. The number of ether oxygens (including phenoxy) is 1. The summed E-state index contributed by atoms with van der Waals surface area (Å²) in [6, 6.07) is 0. The van der Waals surface area contributed by atoms with Crippen molar-refractivity contribution in [3.8, 4) is 0 Å². The smallest absolute Gasteiger partial charge is 0.330 e. The van der Waals surface area contributed by atoms with Crippen LogP contribution in [0.25, 0.3) is 0 Å². The molecule has 0 saturated carbocycles. The van der Waals surface area contributed by atoms with Crippen molar-refractivity contribution >= 4 is 30.8 Å². The molecule has 0 aliphatic carbocycles. The molecule has 5 heteroatoms. The molecule has 0 amide bonds. The van der Waals surface area contributed by atoms with Crippen molar-refractivity contribution in [3.05, 3.63) is 12.7 Å². The maximum atomic E-state index is 10.3. The number of esters is 1. The molecule has 0 atom stereocenters. The summed E-state index contributed by atoms with van der Waals surface area (Å²) in [5, 5.41) is 8.08. The van der Waals surface area contributed by atoms with Gasteiger partial charge in [-0.1, -0.05) is 6.58 Å². The van der Waals surface area contributed by atoms with Crippen LogP contribution in [0.1, 0.15) is 6.42 Å². The Morgan fingerprint density at radius 2 is 2.09 bits per heavy atom. The van der Waals surface area contributed by atoms with Crippen molar-refractivity contribution in [2.75, 3.05) is 6.61 Å². The van der Waals surface area contributed by atoms with Crippen LogP contribution in [0.3, 0.4) is 0 Å². The molecule has 4 nitrogen and oxygen atoms in total. The van der Waals surface area contributed by atoms with E-state index >= 15 is 0 Å². The molecule has 0 bridgehead atoms. The number of rotatable bonds is 4. The summed E-state index contributed by atoms with van der Waals surface area (Å²) in [6.45, 7) is 3.04. The van der Waals surface area contributed by atoms with E-state index in [9.17, 15) is 9.59 Å². The zero-order chi connectivity index (χ0) is 7.98. The van der Waals surface area contributed by atoms with Gasteiger partial charge in [0.15, 0.2) is 0 Å². The average molecular weight is 151 g/mol. The molecule has 57 valence electrons. The van der Waals surface area contributed by atoms with Crippen molar-refractivity contribution in [2.45, 2.75) is 6.42 Å². The Morgan fingerprint density at radius 1 is 1.55 bits per heavy atom. The minimum atomic E-state index is -0.989. The Hall–Kier alpha value is -0.723. The van der Waals surface area contributed by atoms with Crippen LogP contribution < -0.4 is 0 Å². The fourth-order valence-electron chi connectivity index (χ4n) is 0.298. The van der Waals surface area contributed by atoms with Gasteiger partial charge in [0.05, 0.1) is 6.42 Å². The number of carboxylic acid groups (broad SMARTS) is 1. The van der Waals surface area contributed by atoms with Gasteiger partial charge >= 0.3 is 11.9 Å². The third kappa shape index (κ3) is 9.28. The van der Waals surface area contributed by atoms with E-state index in [1.165, 1.54) is 0 Å². The molecule has 0 aromatic rings. The number of carbonyl (C=O) groups is 2. The fraction of sp³-hybridized carbons (Fsp3) is 0.333. The van der Waals surface area contributed by atoms with Gasteiger partial charge in [-0.15, -0.1) is 0 Å². The molecule has 0 rings (SSSR count). The monoisotopic (exact) mass is 151 g/mol. The van der Waals surface area contributed by atoms with E-state index in [-0.39, 0.29) is 31.9 Å². The molecular weight excluding hydrogens is 143 g/mol. The van der Waals surface area contributed by atoms with E-state index in [2.05, 4.69) is 11.3 Å². The Bertz CT molecular complexity index is 155. The summed E-state index contributed by atoms with van der Waals surface area (Å²) in [6.07, 6.45) is 0.821. The summed E-state index contributed by atoms with van der Waals surface area (Å²) in [4.78, 5) is 20.1. The molecule has 0 aliphatic heterocycles. The summed E-state index contributed by atoms with van der Waals surface area (Å²) < 4.78 is 4.36. The topological polar surface area (TPSA) is 63.6 Å². The number of hydrogen-bond donors (Lipinski definition) is 1. The van der Waals surface area contributed by atoms with Gasteiger partial charge in [0.1, 0.15) is 6.61 Å². The Labute approximate surface area is 76.4 Å². The van der Waals surface area contributed by atoms with Crippen LogP contribution in [0, 0.1) is 0 Å². The molecule has 1 N–H and O–H groups in total. The average Bonchev–Trinajstić information content (AvgIpc) is 1.87. The molecule has 1 radical (unpaired) electrons. The van der Waals surface area contributed by atoms with E-state index in [0.717, 1.165) is 6.08 Å². The third-order valence-corrected chi connectivity index (χ3v) is 0.727. The summed E-state index contributed by atoms with van der Waals surface area (Å²) in [5.74, 6) is -1.59. The zero-order valence-electron chi connectivity index (χ0n) is 6.37. The van der Waals surface area contributed by atoms with Gasteiger partial charge in [-0.05, 0) is 0 Å². The first-order valence-corrected chi connectivity index (χ1v) is 2.68. The van der Waals surface area contributed by atoms with Crippen molar-refractivity contribution in [2.24, 2.45) is 0 Å². The number of aliphatic carboxylic acids is 1. The van der Waals surface area contributed by atoms with E-state index < -0.39 is 11.9 Å². The maximum Gasteiger partial charge on any atom is 0.330 e. The zero-order valence-corrected chi connectivity index (χ0v) is 6.37. The first-order valence-electron chi connectivity index (χ1n) is 2.68. The van der Waals surface area contributed by atoms with Gasteiger partial charge in [0.2, 0.25) is 0 Å². The SMILES string of the molecule is C=CC(=O)OCCC(=O)O.[Li]. The van der Waals surface area contributed by atoms with E-state index in [0.29, 0.717) is 0 Å². The van der Waals surface area contributed by atoms with Crippen LogP contribution in [-0.4, -0.2) is 42.5 Å². The normalized spacial score (nSPS) is 7.64. The van der Waals surface area contributed by atoms with Crippen LogP contribution in [-0.2, 0) is 14.3 Å². The second-order valence-corrected chi connectivity index (χ2v) is 1.52. The minimum absolute atomic E-state index is 0. The molecule has 0 saturated heterocycles. The molecule has 0 aliphatic rings. The van der Waals surface area contributed by atoms with Crippen molar-refractivity contribution < 1.29 is 19.4 Å². The molecule has 11 heavy (non-hydrogen) atoms. The predicted molar refractivity (Wildman–Crippen MR) is 39.2 cm³/mol. The first-order chi connectivity index (χ1) is 4.66. The van der Waals surface area contributed by atoms with Crippen molar-refractivity contribution in [1.82, 2.24) is 0 Å². The van der Waals surface area contributed by atoms with Gasteiger partial charge in [-0.25, -0.2) is 4.79 Å². The Kier molecular flexibility index (Phi) is 8.67. The molecule has 0 spiro atoms. The first kappa shape index (κ1) is 12.9. The Balaban J connectivity index is 0. The molecule has 0 unspecified atom stereocenters. The van der Waals surface area contributed by atoms with Crippen molar-refractivity contribution in [1.29, 1.82) is 0 Å².